The first kappa shape index (κ1) is 22.3. The van der Waals surface area contributed by atoms with Gasteiger partial charge in [-0.05, 0) is 72.6 Å². The molecule has 0 saturated heterocycles. The van der Waals surface area contributed by atoms with Crippen LogP contribution in [-0.4, -0.2) is 0 Å². The number of aryl methyl sites for hydroxylation is 1. The fraction of sp³-hybridized carbons (Fsp3) is 0.310. The van der Waals surface area contributed by atoms with Crippen LogP contribution < -0.4 is 4.74 Å². The smallest absolute Gasteiger partial charge is 0.426 e. The molecule has 0 atom stereocenters. The van der Waals surface area contributed by atoms with Crippen molar-refractivity contribution in [3.63, 3.8) is 0 Å². The fourth-order valence-corrected chi connectivity index (χ4v) is 4.18. The van der Waals surface area contributed by atoms with E-state index in [1.165, 1.54) is 43.4 Å². The molecule has 0 unspecified atom stereocenters. The summed E-state index contributed by atoms with van der Waals surface area (Å²) in [6.07, 6.45) is 5.84. The zero-order valence-electron chi connectivity index (χ0n) is 18.7. The normalized spacial score (nSPS) is 19.2. The summed E-state index contributed by atoms with van der Waals surface area (Å²) in [5.74, 6) is 1.56. The monoisotopic (exact) mass is 432 g/mol. The first-order valence-electron chi connectivity index (χ1n) is 11.4. The molecule has 1 nitrogen and oxygen atoms in total. The predicted molar refractivity (Wildman–Crippen MR) is 128 cm³/mol. The standard InChI is InChI=1S/C29H30F2O/c1-21-3-7-23(8-4-21)9-10-24-11-17-27(18-12-24)29(30,31)32-28-19-15-26(16-20-28)25-13-5-22(2)6-14-25/h5-6,9-21,23H,3-4,7-8H2,1-2H3/b10-9+. The van der Waals surface area contributed by atoms with Gasteiger partial charge in [-0.25, -0.2) is 0 Å². The van der Waals surface area contributed by atoms with Crippen LogP contribution in [0.15, 0.2) is 78.9 Å². The third kappa shape index (κ3) is 5.64. The average molecular weight is 433 g/mol. The van der Waals surface area contributed by atoms with Gasteiger partial charge in [-0.3, -0.25) is 0 Å². The molecule has 1 aliphatic rings. The van der Waals surface area contributed by atoms with Crippen molar-refractivity contribution in [3.8, 4) is 16.9 Å². The Morgan fingerprint density at radius 3 is 1.94 bits per heavy atom. The SMILES string of the molecule is Cc1ccc(-c2ccc(OC(F)(F)c3ccc(/C=C/C4CCC(C)CC4)cc3)cc2)cc1. The molecule has 1 aliphatic carbocycles. The summed E-state index contributed by atoms with van der Waals surface area (Å²) in [6, 6.07) is 21.2. The molecule has 1 fully saturated rings. The van der Waals surface area contributed by atoms with Gasteiger partial charge in [-0.2, -0.15) is 8.78 Å². The lowest BCUT2D eigenvalue weighted by molar-refractivity contribution is -0.185. The lowest BCUT2D eigenvalue weighted by atomic mass is 9.83. The number of halogens is 2. The van der Waals surface area contributed by atoms with E-state index >= 15 is 0 Å². The molecule has 0 spiro atoms. The molecular weight excluding hydrogens is 402 g/mol. The van der Waals surface area contributed by atoms with Crippen molar-refractivity contribution >= 4 is 6.08 Å². The molecule has 0 radical (unpaired) electrons. The molecule has 3 aromatic carbocycles. The van der Waals surface area contributed by atoms with E-state index in [0.717, 1.165) is 22.6 Å². The fourth-order valence-electron chi connectivity index (χ4n) is 4.18. The van der Waals surface area contributed by atoms with Gasteiger partial charge in [0.05, 0.1) is 5.56 Å². The summed E-state index contributed by atoms with van der Waals surface area (Å²) in [5.41, 5.74) is 3.97. The molecular formula is C29H30F2O. The number of hydrogen-bond acceptors (Lipinski definition) is 1. The van der Waals surface area contributed by atoms with E-state index in [2.05, 4.69) is 13.0 Å². The molecule has 4 rings (SSSR count). The molecule has 32 heavy (non-hydrogen) atoms. The first-order chi connectivity index (χ1) is 15.4. The zero-order chi connectivity index (χ0) is 22.6. The van der Waals surface area contributed by atoms with Crippen LogP contribution >= 0.6 is 0 Å². The number of rotatable bonds is 6. The third-order valence-corrected chi connectivity index (χ3v) is 6.35. The Balaban J connectivity index is 1.39. The largest absolute Gasteiger partial charge is 0.429 e. The summed E-state index contributed by atoms with van der Waals surface area (Å²) in [5, 5.41) is 0. The minimum absolute atomic E-state index is 0.140. The van der Waals surface area contributed by atoms with Gasteiger partial charge in [0.1, 0.15) is 5.75 Å². The number of benzene rings is 3. The van der Waals surface area contributed by atoms with Crippen molar-refractivity contribution in [3.05, 3.63) is 95.6 Å². The minimum atomic E-state index is -3.40. The van der Waals surface area contributed by atoms with E-state index in [4.69, 9.17) is 4.74 Å². The minimum Gasteiger partial charge on any atom is -0.429 e. The molecule has 0 aliphatic heterocycles. The Kier molecular flexibility index (Phi) is 6.74. The highest BCUT2D eigenvalue weighted by molar-refractivity contribution is 5.64. The van der Waals surface area contributed by atoms with Gasteiger partial charge in [0.25, 0.3) is 0 Å². The first-order valence-corrected chi connectivity index (χ1v) is 11.4. The molecule has 3 aromatic rings. The lowest BCUT2D eigenvalue weighted by Crippen LogP contribution is -2.21. The van der Waals surface area contributed by atoms with Crippen LogP contribution in [-0.2, 0) is 6.11 Å². The van der Waals surface area contributed by atoms with Crippen molar-refractivity contribution < 1.29 is 13.5 Å². The molecule has 0 aromatic heterocycles. The van der Waals surface area contributed by atoms with Crippen LogP contribution in [0.1, 0.15) is 49.3 Å². The highest BCUT2D eigenvalue weighted by atomic mass is 19.3. The topological polar surface area (TPSA) is 9.23 Å². The number of allylic oxidation sites excluding steroid dienone is 1. The molecule has 166 valence electrons. The maximum atomic E-state index is 14.7. The Morgan fingerprint density at radius 1 is 0.781 bits per heavy atom. The van der Waals surface area contributed by atoms with E-state index in [9.17, 15) is 8.78 Å². The summed E-state index contributed by atoms with van der Waals surface area (Å²) < 4.78 is 34.5. The molecule has 0 amide bonds. The van der Waals surface area contributed by atoms with Gasteiger partial charge in [0.2, 0.25) is 0 Å². The average Bonchev–Trinajstić information content (AvgIpc) is 2.80. The quantitative estimate of drug-likeness (QED) is 0.379. The highest BCUT2D eigenvalue weighted by Crippen LogP contribution is 2.33. The van der Waals surface area contributed by atoms with Crippen LogP contribution in [0.2, 0.25) is 0 Å². The molecule has 1 saturated carbocycles. The second-order valence-corrected chi connectivity index (χ2v) is 9.01. The molecule has 0 N–H and O–H groups in total. The van der Waals surface area contributed by atoms with Crippen LogP contribution in [0, 0.1) is 18.8 Å². The van der Waals surface area contributed by atoms with Crippen molar-refractivity contribution in [1.82, 2.24) is 0 Å². The number of hydrogen-bond donors (Lipinski definition) is 0. The Morgan fingerprint density at radius 2 is 1.34 bits per heavy atom. The van der Waals surface area contributed by atoms with Gasteiger partial charge in [-0.1, -0.05) is 86.0 Å². The molecule has 0 heterocycles. The lowest BCUT2D eigenvalue weighted by Gasteiger charge is -2.23. The van der Waals surface area contributed by atoms with Gasteiger partial charge in [0, 0.05) is 0 Å². The van der Waals surface area contributed by atoms with E-state index in [0.29, 0.717) is 5.92 Å². The van der Waals surface area contributed by atoms with Crippen molar-refractivity contribution in [2.45, 2.75) is 45.6 Å². The maximum Gasteiger partial charge on any atom is 0.426 e. The number of alkyl halides is 2. The van der Waals surface area contributed by atoms with E-state index < -0.39 is 6.11 Å². The van der Waals surface area contributed by atoms with Gasteiger partial charge in [-0.15, -0.1) is 0 Å². The van der Waals surface area contributed by atoms with Crippen LogP contribution in [0.4, 0.5) is 8.78 Å². The van der Waals surface area contributed by atoms with Gasteiger partial charge >= 0.3 is 6.11 Å². The zero-order valence-corrected chi connectivity index (χ0v) is 18.7. The van der Waals surface area contributed by atoms with Crippen molar-refractivity contribution in [2.24, 2.45) is 11.8 Å². The van der Waals surface area contributed by atoms with Crippen LogP contribution in [0.25, 0.3) is 17.2 Å². The van der Waals surface area contributed by atoms with Crippen LogP contribution in [0.5, 0.6) is 5.75 Å². The van der Waals surface area contributed by atoms with Gasteiger partial charge < -0.3 is 4.74 Å². The third-order valence-electron chi connectivity index (χ3n) is 6.35. The second-order valence-electron chi connectivity index (χ2n) is 9.01. The summed E-state index contributed by atoms with van der Waals surface area (Å²) in [4.78, 5) is 0. The molecule has 0 bridgehead atoms. The van der Waals surface area contributed by atoms with Crippen molar-refractivity contribution in [2.75, 3.05) is 0 Å². The maximum absolute atomic E-state index is 14.7. The van der Waals surface area contributed by atoms with E-state index in [1.807, 2.05) is 37.3 Å². The van der Waals surface area contributed by atoms with E-state index in [1.54, 1.807) is 36.4 Å². The second kappa shape index (κ2) is 9.68. The summed E-state index contributed by atoms with van der Waals surface area (Å²) in [6.45, 7) is 4.34. The number of ether oxygens (including phenoxy) is 1. The van der Waals surface area contributed by atoms with E-state index in [-0.39, 0.29) is 11.3 Å². The molecule has 3 heteroatoms. The van der Waals surface area contributed by atoms with Crippen molar-refractivity contribution in [1.29, 1.82) is 0 Å². The summed E-state index contributed by atoms with van der Waals surface area (Å²) in [7, 11) is 0. The highest BCUT2D eigenvalue weighted by Gasteiger charge is 2.34. The van der Waals surface area contributed by atoms with Crippen LogP contribution in [0.3, 0.4) is 0 Å². The Labute approximate surface area is 189 Å². The Hall–Kier alpha value is -2.94. The predicted octanol–water partition coefficient (Wildman–Crippen LogP) is 8.63. The summed E-state index contributed by atoms with van der Waals surface area (Å²) >= 11 is 0. The Bertz CT molecular complexity index is 1030. The van der Waals surface area contributed by atoms with Gasteiger partial charge in [0.15, 0.2) is 0 Å².